The second kappa shape index (κ2) is 15.3. The molecule has 72 heavy (non-hydrogen) atoms. The number of anilines is 6. The Balaban J connectivity index is 1.23. The second-order valence-electron chi connectivity index (χ2n) is 28.4. The molecule has 12 rings (SSSR count). The molecule has 0 amide bonds. The number of benzene rings is 6. The van der Waals surface area contributed by atoms with Crippen LogP contribution < -0.4 is 25.5 Å². The van der Waals surface area contributed by atoms with Crippen LogP contribution in [0.5, 0.6) is 0 Å². The minimum atomic E-state index is -0.0135. The summed E-state index contributed by atoms with van der Waals surface area (Å²) < 4.78 is 2.90. The molecule has 2 aliphatic heterocycles. The summed E-state index contributed by atoms with van der Waals surface area (Å²) in [7, 11) is 0. The molecule has 0 saturated heterocycles. The van der Waals surface area contributed by atoms with Gasteiger partial charge in [0.15, 0.2) is 0 Å². The van der Waals surface area contributed by atoms with Crippen LogP contribution in [-0.2, 0) is 37.9 Å². The third kappa shape index (κ3) is 7.06. The number of hydrogen-bond acceptors (Lipinski definition) is 3. The maximum Gasteiger partial charge on any atom is 0.264 e. The van der Waals surface area contributed by atoms with Gasteiger partial charge in [-0.1, -0.05) is 152 Å². The minimum Gasteiger partial charge on any atom is -0.311 e. The van der Waals surface area contributed by atoms with E-state index in [9.17, 15) is 0 Å². The summed E-state index contributed by atoms with van der Waals surface area (Å²) in [6.45, 7) is 41.6. The smallest absolute Gasteiger partial charge is 0.264 e. The fraction of sp³-hybridized carbons (Fsp3) is 0.441. The normalized spacial score (nSPS) is 20.3. The Hall–Kier alpha value is -5.06. The second-order valence-corrected chi connectivity index (χ2v) is 29.5. The Labute approximate surface area is 437 Å². The van der Waals surface area contributed by atoms with E-state index >= 15 is 0 Å². The van der Waals surface area contributed by atoms with E-state index in [1.807, 2.05) is 0 Å². The van der Waals surface area contributed by atoms with Gasteiger partial charge in [0.05, 0.1) is 11.4 Å². The highest BCUT2D eigenvalue weighted by molar-refractivity contribution is 7.33. The monoisotopic (exact) mass is 967 g/mol. The van der Waals surface area contributed by atoms with E-state index in [1.165, 1.54) is 154 Å². The van der Waals surface area contributed by atoms with Crippen molar-refractivity contribution in [2.24, 2.45) is 0 Å². The van der Waals surface area contributed by atoms with Crippen molar-refractivity contribution in [3.63, 3.8) is 0 Å². The van der Waals surface area contributed by atoms with E-state index in [-0.39, 0.29) is 44.6 Å². The van der Waals surface area contributed by atoms with Crippen LogP contribution in [0, 0.1) is 13.8 Å². The van der Waals surface area contributed by atoms with Crippen molar-refractivity contribution in [1.29, 1.82) is 0 Å². The van der Waals surface area contributed by atoms with Gasteiger partial charge in [-0.3, -0.25) is 0 Å². The number of aryl methyl sites for hydroxylation is 2. The van der Waals surface area contributed by atoms with Crippen LogP contribution in [-0.4, -0.2) is 6.71 Å². The molecule has 4 heteroatoms. The van der Waals surface area contributed by atoms with E-state index in [4.69, 9.17) is 0 Å². The molecule has 0 bridgehead atoms. The van der Waals surface area contributed by atoms with Gasteiger partial charge in [-0.25, -0.2) is 0 Å². The number of fused-ring (bicyclic) bond motifs is 9. The summed E-state index contributed by atoms with van der Waals surface area (Å²) in [5.41, 5.74) is 26.8. The lowest BCUT2D eigenvalue weighted by Gasteiger charge is -2.47. The van der Waals surface area contributed by atoms with Crippen LogP contribution in [0.25, 0.3) is 21.2 Å². The highest BCUT2D eigenvalue weighted by Crippen LogP contribution is 2.56. The Morgan fingerprint density at radius 2 is 0.972 bits per heavy atom. The number of thiophene rings is 1. The lowest BCUT2D eigenvalue weighted by molar-refractivity contribution is 0.332. The summed E-state index contributed by atoms with van der Waals surface area (Å²) in [6, 6.07) is 40.2. The van der Waals surface area contributed by atoms with Crippen molar-refractivity contribution in [1.82, 2.24) is 0 Å². The highest BCUT2D eigenvalue weighted by Gasteiger charge is 2.49. The minimum absolute atomic E-state index is 0.0135. The molecule has 0 N–H and O–H groups in total. The van der Waals surface area contributed by atoms with Gasteiger partial charge in [0.2, 0.25) is 0 Å². The van der Waals surface area contributed by atoms with E-state index < -0.39 is 0 Å². The van der Waals surface area contributed by atoms with E-state index in [1.54, 1.807) is 5.56 Å². The molecule has 0 atom stereocenters. The number of hydrogen-bond donors (Lipinski definition) is 0. The molecule has 2 nitrogen and oxygen atoms in total. The number of nitrogens with zero attached hydrogens (tertiary/aromatic N) is 2. The lowest BCUT2D eigenvalue weighted by Crippen LogP contribution is -2.61. The molecule has 0 unspecified atom stereocenters. The zero-order chi connectivity index (χ0) is 51.2. The van der Waals surface area contributed by atoms with Crippen LogP contribution in [0.3, 0.4) is 0 Å². The molecular formula is C68H79BN2S. The van der Waals surface area contributed by atoms with Crippen LogP contribution >= 0.6 is 11.3 Å². The largest absolute Gasteiger partial charge is 0.311 e. The molecule has 0 spiro atoms. The molecule has 0 radical (unpaired) electrons. The molecule has 3 aliphatic carbocycles. The topological polar surface area (TPSA) is 6.48 Å². The van der Waals surface area contributed by atoms with Crippen molar-refractivity contribution >= 4 is 78.0 Å². The molecule has 1 aromatic heterocycles. The van der Waals surface area contributed by atoms with Gasteiger partial charge in [-0.2, -0.15) is 0 Å². The fourth-order valence-corrected chi connectivity index (χ4v) is 15.5. The van der Waals surface area contributed by atoms with Crippen LogP contribution in [0.2, 0.25) is 0 Å². The first-order valence-corrected chi connectivity index (χ1v) is 28.3. The van der Waals surface area contributed by atoms with Gasteiger partial charge in [0.25, 0.3) is 6.71 Å². The zero-order valence-electron chi connectivity index (χ0n) is 46.9. The van der Waals surface area contributed by atoms with E-state index in [0.717, 1.165) is 0 Å². The third-order valence-electron chi connectivity index (χ3n) is 19.3. The molecule has 5 aliphatic rings. The Bertz CT molecular complexity index is 3440. The summed E-state index contributed by atoms with van der Waals surface area (Å²) in [5, 5.41) is 1.41. The predicted molar refractivity (Wildman–Crippen MR) is 315 cm³/mol. The summed E-state index contributed by atoms with van der Waals surface area (Å²) in [4.78, 5) is 5.50. The molecule has 370 valence electrons. The Morgan fingerprint density at radius 3 is 1.56 bits per heavy atom. The summed E-state index contributed by atoms with van der Waals surface area (Å²) in [5.74, 6) is 0. The number of rotatable bonds is 3. The maximum atomic E-state index is 2.76. The van der Waals surface area contributed by atoms with Crippen LogP contribution in [0.15, 0.2) is 97.1 Å². The first-order chi connectivity index (χ1) is 33.6. The van der Waals surface area contributed by atoms with Crippen molar-refractivity contribution in [3.05, 3.63) is 147 Å². The van der Waals surface area contributed by atoms with Gasteiger partial charge in [-0.05, 0) is 206 Å². The van der Waals surface area contributed by atoms with Crippen molar-refractivity contribution < 1.29 is 0 Å². The van der Waals surface area contributed by atoms with Crippen LogP contribution in [0.4, 0.5) is 34.1 Å². The first-order valence-electron chi connectivity index (χ1n) is 27.5. The molecule has 0 saturated carbocycles. The van der Waals surface area contributed by atoms with Crippen molar-refractivity contribution in [3.8, 4) is 11.1 Å². The average Bonchev–Trinajstić information content (AvgIpc) is 3.68. The van der Waals surface area contributed by atoms with Crippen molar-refractivity contribution in [2.45, 2.75) is 194 Å². The molecule has 3 heterocycles. The SMILES string of the molecule is Cc1ccc(-c2cc(C(C)(C)C)ccc2N2c3cc4c(cc3B3c5sc6cc7c(cc6c5N(c5ccc6c(c5)C(C)(C)CCC6(C)C)c5cc(C)cc2c53)C(C)(C)CCC7(C)C)C(C)(C)CCC4(C)C)cc1. The van der Waals surface area contributed by atoms with Gasteiger partial charge < -0.3 is 9.80 Å². The predicted octanol–water partition coefficient (Wildman–Crippen LogP) is 17.6. The standard InChI is InChI=1S/C68H79BN2S/c1-40-18-20-42(21-19-40)45-34-43(62(3,4)5)22-25-54(45)71-55-38-51-50(66(12,13)29-30-67(51,14)15)37-53(55)69-59-56(32-41(2)33-57(59)71)70(44-23-24-47-48(35-44)64(8,9)27-26-63(47,6)7)60-46-36-49-52(39-58(46)72-61(60)69)68(16,17)31-28-65(49,10)11/h18-25,32-39H,26-31H2,1-17H3. The lowest BCUT2D eigenvalue weighted by atomic mass is 9.35. The van der Waals surface area contributed by atoms with E-state index in [2.05, 4.69) is 236 Å². The van der Waals surface area contributed by atoms with Gasteiger partial charge in [0, 0.05) is 43.2 Å². The average molecular weight is 967 g/mol. The molecular weight excluding hydrogens is 888 g/mol. The van der Waals surface area contributed by atoms with Crippen molar-refractivity contribution in [2.75, 3.05) is 9.80 Å². The Morgan fingerprint density at radius 1 is 0.458 bits per heavy atom. The Kier molecular flexibility index (Phi) is 10.2. The first kappa shape index (κ1) is 47.9. The van der Waals surface area contributed by atoms with Gasteiger partial charge in [0.1, 0.15) is 0 Å². The van der Waals surface area contributed by atoms with E-state index in [0.29, 0.717) is 0 Å². The maximum absolute atomic E-state index is 2.76. The molecule has 7 aromatic rings. The fourth-order valence-electron chi connectivity index (χ4n) is 14.1. The zero-order valence-corrected chi connectivity index (χ0v) is 47.7. The van der Waals surface area contributed by atoms with Gasteiger partial charge in [-0.15, -0.1) is 11.3 Å². The molecule has 6 aromatic carbocycles. The molecule has 0 fully saturated rings. The quantitative estimate of drug-likeness (QED) is 0.163. The highest BCUT2D eigenvalue weighted by atomic mass is 32.1. The van der Waals surface area contributed by atoms with Gasteiger partial charge >= 0.3 is 0 Å². The van der Waals surface area contributed by atoms with Crippen LogP contribution in [0.1, 0.15) is 192 Å². The summed E-state index contributed by atoms with van der Waals surface area (Å²) >= 11 is 2.09. The summed E-state index contributed by atoms with van der Waals surface area (Å²) in [6.07, 6.45) is 7.13. The third-order valence-corrected chi connectivity index (χ3v) is 20.5.